The zero-order valence-electron chi connectivity index (χ0n) is 21.1. The fraction of sp³-hybridized carbons (Fsp3) is 0.444. The fourth-order valence-electron chi connectivity index (χ4n) is 3.68. The molecule has 1 heterocycles. The Hall–Kier alpha value is -3.59. The van der Waals surface area contributed by atoms with Crippen LogP contribution < -0.4 is 15.5 Å². The summed E-state index contributed by atoms with van der Waals surface area (Å²) >= 11 is 0. The van der Waals surface area contributed by atoms with Gasteiger partial charge in [0.05, 0.1) is 13.2 Å². The number of hydrogen-bond donors (Lipinski definition) is 2. The Labute approximate surface area is 212 Å². The molecule has 0 radical (unpaired) electrons. The van der Waals surface area contributed by atoms with E-state index in [0.717, 1.165) is 24.3 Å². The number of ether oxygens (including phenoxy) is 3. The maximum absolute atomic E-state index is 12.9. The molecule has 0 aromatic heterocycles. The lowest BCUT2D eigenvalue weighted by Gasteiger charge is -2.29. The van der Waals surface area contributed by atoms with E-state index in [2.05, 4.69) is 15.5 Å². The van der Waals surface area contributed by atoms with Crippen molar-refractivity contribution in [1.29, 1.82) is 0 Å². The summed E-state index contributed by atoms with van der Waals surface area (Å²) in [6.45, 7) is 8.34. The van der Waals surface area contributed by atoms with Crippen LogP contribution in [0.3, 0.4) is 0 Å². The number of esters is 1. The Morgan fingerprint density at radius 1 is 1.00 bits per heavy atom. The topological polar surface area (TPSA) is 106 Å². The van der Waals surface area contributed by atoms with Gasteiger partial charge in [0.1, 0.15) is 12.6 Å². The van der Waals surface area contributed by atoms with Crippen molar-refractivity contribution >= 4 is 29.3 Å². The van der Waals surface area contributed by atoms with Crippen LogP contribution in [-0.4, -0.2) is 56.4 Å². The molecule has 1 fully saturated rings. The molecule has 3 atom stereocenters. The third-order valence-electron chi connectivity index (χ3n) is 6.13. The number of alkyl carbamates (subject to hydrolysis) is 1. The number of morpholine rings is 1. The summed E-state index contributed by atoms with van der Waals surface area (Å²) in [6, 6.07) is 15.8. The molecule has 0 unspecified atom stereocenters. The summed E-state index contributed by atoms with van der Waals surface area (Å²) in [6.07, 6.45) is -1.15. The van der Waals surface area contributed by atoms with Gasteiger partial charge in [-0.1, -0.05) is 50.6 Å². The van der Waals surface area contributed by atoms with E-state index in [0.29, 0.717) is 25.3 Å². The molecule has 1 aliphatic heterocycles. The van der Waals surface area contributed by atoms with E-state index in [1.807, 2.05) is 68.4 Å². The van der Waals surface area contributed by atoms with Crippen LogP contribution in [0.2, 0.25) is 0 Å². The highest BCUT2D eigenvalue weighted by Gasteiger charge is 2.30. The molecule has 194 valence electrons. The first-order valence-corrected chi connectivity index (χ1v) is 12.3. The number of nitrogens with one attached hydrogen (secondary N) is 2. The average molecular weight is 498 g/mol. The minimum atomic E-state index is -1.05. The summed E-state index contributed by atoms with van der Waals surface area (Å²) < 4.78 is 16.0. The molecule has 0 spiro atoms. The highest BCUT2D eigenvalue weighted by molar-refractivity contribution is 5.95. The van der Waals surface area contributed by atoms with Crippen LogP contribution in [0, 0.1) is 5.92 Å². The number of anilines is 2. The molecule has 9 heteroatoms. The summed E-state index contributed by atoms with van der Waals surface area (Å²) in [5, 5.41) is 5.36. The number of carbonyl (C=O) groups is 3. The van der Waals surface area contributed by atoms with Gasteiger partial charge in [-0.15, -0.1) is 0 Å². The molecule has 0 bridgehead atoms. The Kier molecular flexibility index (Phi) is 10.1. The Balaban J connectivity index is 1.51. The van der Waals surface area contributed by atoms with Crippen LogP contribution in [0.5, 0.6) is 0 Å². The van der Waals surface area contributed by atoms with Crippen molar-refractivity contribution in [2.45, 2.75) is 45.9 Å². The van der Waals surface area contributed by atoms with Gasteiger partial charge in [-0.25, -0.2) is 9.59 Å². The lowest BCUT2D eigenvalue weighted by Crippen LogP contribution is -2.47. The van der Waals surface area contributed by atoms with Gasteiger partial charge in [0.15, 0.2) is 6.10 Å². The molecule has 1 aliphatic rings. The zero-order chi connectivity index (χ0) is 25.9. The van der Waals surface area contributed by atoms with E-state index in [4.69, 9.17) is 14.2 Å². The van der Waals surface area contributed by atoms with E-state index in [1.54, 1.807) is 0 Å². The largest absolute Gasteiger partial charge is 0.451 e. The number of carbonyl (C=O) groups excluding carboxylic acids is 3. The number of hydrogen-bond acceptors (Lipinski definition) is 7. The van der Waals surface area contributed by atoms with Gasteiger partial charge >= 0.3 is 12.1 Å². The van der Waals surface area contributed by atoms with Crippen LogP contribution in [0.15, 0.2) is 54.6 Å². The lowest BCUT2D eigenvalue weighted by molar-refractivity contribution is -0.156. The van der Waals surface area contributed by atoms with Gasteiger partial charge < -0.3 is 29.7 Å². The maximum Gasteiger partial charge on any atom is 0.408 e. The first-order valence-electron chi connectivity index (χ1n) is 12.3. The Bertz CT molecular complexity index is 992. The monoisotopic (exact) mass is 497 g/mol. The second-order valence-electron chi connectivity index (χ2n) is 8.78. The van der Waals surface area contributed by atoms with Crippen LogP contribution in [0.1, 0.15) is 32.8 Å². The molecule has 36 heavy (non-hydrogen) atoms. The maximum atomic E-state index is 12.9. The van der Waals surface area contributed by atoms with Gasteiger partial charge in [-0.3, -0.25) is 4.79 Å². The van der Waals surface area contributed by atoms with Crippen molar-refractivity contribution in [2.75, 3.05) is 36.5 Å². The van der Waals surface area contributed by atoms with Gasteiger partial charge in [-0.2, -0.15) is 0 Å². The lowest BCUT2D eigenvalue weighted by atomic mass is 9.99. The molecule has 1 saturated heterocycles. The Morgan fingerprint density at radius 2 is 1.67 bits per heavy atom. The second-order valence-corrected chi connectivity index (χ2v) is 8.78. The summed E-state index contributed by atoms with van der Waals surface area (Å²) in [4.78, 5) is 40.0. The van der Waals surface area contributed by atoms with Crippen LogP contribution in [-0.2, 0) is 30.4 Å². The van der Waals surface area contributed by atoms with E-state index < -0.39 is 30.1 Å². The molecule has 3 rings (SSSR count). The number of benzene rings is 2. The molecular weight excluding hydrogens is 462 g/mol. The van der Waals surface area contributed by atoms with Gasteiger partial charge in [-0.05, 0) is 42.7 Å². The molecule has 2 aromatic rings. The number of rotatable bonds is 10. The third kappa shape index (κ3) is 7.98. The van der Waals surface area contributed by atoms with Crippen molar-refractivity contribution in [3.63, 3.8) is 0 Å². The van der Waals surface area contributed by atoms with Crippen molar-refractivity contribution < 1.29 is 28.6 Å². The van der Waals surface area contributed by atoms with Crippen molar-refractivity contribution in [2.24, 2.45) is 5.92 Å². The SMILES string of the molecule is CC[C@@H](C)[C@H](NC(=O)OCc1ccccc1)C(=O)O[C@@H](C)C(=O)Nc1ccc(N2CCOCC2)cc1. The highest BCUT2D eigenvalue weighted by Crippen LogP contribution is 2.19. The minimum Gasteiger partial charge on any atom is -0.451 e. The molecule has 0 aliphatic carbocycles. The van der Waals surface area contributed by atoms with Crippen molar-refractivity contribution in [3.05, 3.63) is 60.2 Å². The molecule has 9 nitrogen and oxygen atoms in total. The summed E-state index contributed by atoms with van der Waals surface area (Å²) in [5.41, 5.74) is 2.48. The van der Waals surface area contributed by atoms with Crippen LogP contribution >= 0.6 is 0 Å². The van der Waals surface area contributed by atoms with Gasteiger partial charge in [0, 0.05) is 24.5 Å². The third-order valence-corrected chi connectivity index (χ3v) is 6.13. The van der Waals surface area contributed by atoms with E-state index in [1.165, 1.54) is 6.92 Å². The molecular formula is C27H35N3O6. The average Bonchev–Trinajstić information content (AvgIpc) is 2.91. The normalized spacial score (nSPS) is 15.8. The van der Waals surface area contributed by atoms with Gasteiger partial charge in [0.25, 0.3) is 5.91 Å². The standard InChI is InChI=1S/C27H35N3O6/c1-4-19(2)24(29-27(33)35-18-21-8-6-5-7-9-21)26(32)36-20(3)25(31)28-22-10-12-23(13-11-22)30-14-16-34-17-15-30/h5-13,19-20,24H,4,14-18H2,1-3H3,(H,28,31)(H,29,33)/t19-,20+,24+/m1/s1. The summed E-state index contributed by atoms with van der Waals surface area (Å²) in [7, 11) is 0. The first-order chi connectivity index (χ1) is 17.4. The van der Waals surface area contributed by atoms with Gasteiger partial charge in [0.2, 0.25) is 0 Å². The Morgan fingerprint density at radius 3 is 2.31 bits per heavy atom. The quantitative estimate of drug-likeness (QED) is 0.482. The number of nitrogens with zero attached hydrogens (tertiary/aromatic N) is 1. The van der Waals surface area contributed by atoms with E-state index in [9.17, 15) is 14.4 Å². The number of amides is 2. The van der Waals surface area contributed by atoms with E-state index in [-0.39, 0.29) is 12.5 Å². The van der Waals surface area contributed by atoms with Crippen molar-refractivity contribution in [3.8, 4) is 0 Å². The first kappa shape index (κ1) is 27.0. The smallest absolute Gasteiger partial charge is 0.408 e. The zero-order valence-corrected chi connectivity index (χ0v) is 21.1. The molecule has 2 N–H and O–H groups in total. The minimum absolute atomic E-state index is 0.0814. The molecule has 0 saturated carbocycles. The second kappa shape index (κ2) is 13.5. The van der Waals surface area contributed by atoms with Crippen molar-refractivity contribution in [1.82, 2.24) is 5.32 Å². The van der Waals surface area contributed by atoms with Crippen LogP contribution in [0.25, 0.3) is 0 Å². The fourth-order valence-corrected chi connectivity index (χ4v) is 3.68. The van der Waals surface area contributed by atoms with Crippen LogP contribution in [0.4, 0.5) is 16.2 Å². The van der Waals surface area contributed by atoms with E-state index >= 15 is 0 Å². The molecule has 2 amide bonds. The predicted molar refractivity (Wildman–Crippen MR) is 137 cm³/mol. The molecule has 2 aromatic carbocycles. The predicted octanol–water partition coefficient (Wildman–Crippen LogP) is 3.73. The summed E-state index contributed by atoms with van der Waals surface area (Å²) in [5.74, 6) is -1.37. The highest BCUT2D eigenvalue weighted by atomic mass is 16.6.